The quantitative estimate of drug-likeness (QED) is 0.531. The van der Waals surface area contributed by atoms with Gasteiger partial charge in [0.05, 0.1) is 20.1 Å². The molecule has 0 aromatic rings. The number of rotatable bonds is 5. The van der Waals surface area contributed by atoms with E-state index < -0.39 is 0 Å². The number of piperazine rings is 1. The van der Waals surface area contributed by atoms with Crippen molar-refractivity contribution in [2.24, 2.45) is 5.73 Å². The van der Waals surface area contributed by atoms with Crippen molar-refractivity contribution in [2.75, 3.05) is 39.8 Å². The fourth-order valence-electron chi connectivity index (χ4n) is 2.09. The number of nitrogens with zero attached hydrogens (tertiary/aromatic N) is 2. The van der Waals surface area contributed by atoms with Crippen LogP contribution in [-0.2, 0) is 9.59 Å². The lowest BCUT2D eigenvalue weighted by molar-refractivity contribution is -0.837. The number of carbonyl (C=O) groups is 2. The average Bonchev–Trinajstić information content (AvgIpc) is 2.30. The van der Waals surface area contributed by atoms with Crippen LogP contribution in [0.5, 0.6) is 0 Å². The summed E-state index contributed by atoms with van der Waals surface area (Å²) in [6, 6.07) is 0. The Morgan fingerprint density at radius 2 is 2.00 bits per heavy atom. The number of hydrogen-bond donors (Lipinski definition) is 1. The largest absolute Gasteiger partial charge is 0.370 e. The standard InChI is InChI=1S/C12H21N3O2/c1-3-12(17)15(2)9-7-14(8-10-15)6-4-5-11(13)16/h3H,1,4-10H2,2H3,(H-,13,16)/p+1. The molecule has 0 bridgehead atoms. The molecule has 0 spiro atoms. The van der Waals surface area contributed by atoms with Gasteiger partial charge < -0.3 is 5.73 Å². The second-order valence-corrected chi connectivity index (χ2v) is 4.80. The van der Waals surface area contributed by atoms with Crippen molar-refractivity contribution >= 4 is 11.8 Å². The molecule has 0 aromatic carbocycles. The molecule has 1 fully saturated rings. The van der Waals surface area contributed by atoms with Crippen molar-refractivity contribution in [1.29, 1.82) is 0 Å². The monoisotopic (exact) mass is 240 g/mol. The van der Waals surface area contributed by atoms with E-state index in [1.54, 1.807) is 0 Å². The van der Waals surface area contributed by atoms with Crippen LogP contribution in [0, 0.1) is 0 Å². The van der Waals surface area contributed by atoms with E-state index in [-0.39, 0.29) is 11.8 Å². The molecule has 5 heteroatoms. The highest BCUT2D eigenvalue weighted by molar-refractivity contribution is 5.80. The summed E-state index contributed by atoms with van der Waals surface area (Å²) in [6.07, 6.45) is 2.64. The molecule has 2 amide bonds. The van der Waals surface area contributed by atoms with Crippen LogP contribution >= 0.6 is 0 Å². The molecule has 0 unspecified atom stereocenters. The number of carbonyl (C=O) groups excluding carboxylic acids is 2. The molecule has 1 heterocycles. The molecule has 0 aliphatic carbocycles. The third-order valence-corrected chi connectivity index (χ3v) is 3.42. The van der Waals surface area contributed by atoms with Crippen molar-refractivity contribution in [1.82, 2.24) is 4.90 Å². The lowest BCUT2D eigenvalue weighted by Crippen LogP contribution is -2.59. The molecule has 1 saturated heterocycles. The predicted molar refractivity (Wildman–Crippen MR) is 66.0 cm³/mol. The van der Waals surface area contributed by atoms with E-state index >= 15 is 0 Å². The van der Waals surface area contributed by atoms with Gasteiger partial charge >= 0.3 is 5.91 Å². The maximum atomic E-state index is 11.7. The highest BCUT2D eigenvalue weighted by atomic mass is 16.2. The van der Waals surface area contributed by atoms with Gasteiger partial charge in [-0.25, -0.2) is 4.79 Å². The molecule has 1 aliphatic rings. The van der Waals surface area contributed by atoms with Crippen LogP contribution in [0.4, 0.5) is 0 Å². The minimum absolute atomic E-state index is 0.0850. The van der Waals surface area contributed by atoms with Gasteiger partial charge in [0.2, 0.25) is 5.91 Å². The minimum Gasteiger partial charge on any atom is -0.370 e. The Morgan fingerprint density at radius 3 is 2.47 bits per heavy atom. The van der Waals surface area contributed by atoms with Gasteiger partial charge in [-0.05, 0) is 13.0 Å². The molecule has 0 radical (unpaired) electrons. The third kappa shape index (κ3) is 3.94. The Labute approximate surface area is 102 Å². The first-order valence-electron chi connectivity index (χ1n) is 6.00. The first kappa shape index (κ1) is 13.9. The minimum atomic E-state index is -0.246. The van der Waals surface area contributed by atoms with Crippen molar-refractivity contribution in [3.05, 3.63) is 12.7 Å². The van der Waals surface area contributed by atoms with E-state index in [1.807, 2.05) is 7.05 Å². The van der Waals surface area contributed by atoms with Crippen LogP contribution in [0.1, 0.15) is 12.8 Å². The van der Waals surface area contributed by atoms with Crippen LogP contribution in [-0.4, -0.2) is 61.0 Å². The number of hydrogen-bond acceptors (Lipinski definition) is 3. The van der Waals surface area contributed by atoms with Gasteiger partial charge in [0.1, 0.15) is 0 Å². The number of primary amides is 1. The van der Waals surface area contributed by atoms with E-state index in [0.29, 0.717) is 10.9 Å². The Balaban J connectivity index is 2.32. The van der Waals surface area contributed by atoms with E-state index in [2.05, 4.69) is 11.5 Å². The molecule has 1 rings (SSSR count). The fourth-order valence-corrected chi connectivity index (χ4v) is 2.09. The first-order valence-corrected chi connectivity index (χ1v) is 6.00. The second kappa shape index (κ2) is 5.93. The van der Waals surface area contributed by atoms with Crippen LogP contribution in [0.2, 0.25) is 0 Å². The Hall–Kier alpha value is -1.20. The topological polar surface area (TPSA) is 63.4 Å². The average molecular weight is 240 g/mol. The highest BCUT2D eigenvalue weighted by Gasteiger charge is 2.33. The van der Waals surface area contributed by atoms with Gasteiger partial charge in [-0.15, -0.1) is 0 Å². The number of amides is 2. The first-order chi connectivity index (χ1) is 7.98. The van der Waals surface area contributed by atoms with E-state index in [4.69, 9.17) is 5.73 Å². The molecular weight excluding hydrogens is 218 g/mol. The summed E-state index contributed by atoms with van der Waals surface area (Å²) in [5.41, 5.74) is 5.09. The molecular formula is C12H22N3O2+. The maximum Gasteiger partial charge on any atom is 0.337 e. The molecule has 1 aliphatic heterocycles. The zero-order valence-electron chi connectivity index (χ0n) is 10.5. The van der Waals surface area contributed by atoms with Crippen molar-refractivity contribution < 1.29 is 14.1 Å². The summed E-state index contributed by atoms with van der Waals surface area (Å²) in [4.78, 5) is 24.6. The Morgan fingerprint density at radius 1 is 1.41 bits per heavy atom. The van der Waals surface area contributed by atoms with Crippen molar-refractivity contribution in [3.8, 4) is 0 Å². The maximum absolute atomic E-state index is 11.7. The molecule has 2 N–H and O–H groups in total. The van der Waals surface area contributed by atoms with Crippen LogP contribution in [0.3, 0.4) is 0 Å². The highest BCUT2D eigenvalue weighted by Crippen LogP contribution is 2.11. The normalized spacial score (nSPS) is 19.8. The molecule has 96 valence electrons. The smallest absolute Gasteiger partial charge is 0.337 e. The number of likely N-dealkylation sites (N-methyl/N-ethyl adjacent to an activating group) is 1. The second-order valence-electron chi connectivity index (χ2n) is 4.80. The Bertz CT molecular complexity index is 307. The number of quaternary nitrogens is 1. The summed E-state index contributed by atoms with van der Waals surface area (Å²) in [5, 5.41) is 0. The van der Waals surface area contributed by atoms with Crippen molar-refractivity contribution in [2.45, 2.75) is 12.8 Å². The molecule has 5 nitrogen and oxygen atoms in total. The van der Waals surface area contributed by atoms with Gasteiger partial charge in [0.25, 0.3) is 0 Å². The van der Waals surface area contributed by atoms with Gasteiger partial charge in [0, 0.05) is 25.6 Å². The Kier molecular flexibility index (Phi) is 4.84. The molecule has 0 aromatic heterocycles. The summed E-state index contributed by atoms with van der Waals surface area (Å²) >= 11 is 0. The third-order valence-electron chi connectivity index (χ3n) is 3.42. The van der Waals surface area contributed by atoms with Gasteiger partial charge in [-0.3, -0.25) is 14.2 Å². The fraction of sp³-hybridized carbons (Fsp3) is 0.667. The summed E-state index contributed by atoms with van der Waals surface area (Å²) in [6.45, 7) is 7.80. The lowest BCUT2D eigenvalue weighted by Gasteiger charge is -2.39. The van der Waals surface area contributed by atoms with E-state index in [9.17, 15) is 9.59 Å². The molecule has 0 saturated carbocycles. The SMILES string of the molecule is C=CC(=O)[N+]1(C)CCN(CCCC(N)=O)CC1. The zero-order chi connectivity index (χ0) is 12.9. The van der Waals surface area contributed by atoms with Crippen LogP contribution < -0.4 is 5.73 Å². The summed E-state index contributed by atoms with van der Waals surface area (Å²) in [5.74, 6) is -0.161. The lowest BCUT2D eigenvalue weighted by atomic mass is 10.2. The molecule has 17 heavy (non-hydrogen) atoms. The summed E-state index contributed by atoms with van der Waals surface area (Å²) in [7, 11) is 1.95. The van der Waals surface area contributed by atoms with Crippen LogP contribution in [0.25, 0.3) is 0 Å². The number of nitrogens with two attached hydrogens (primary N) is 1. The summed E-state index contributed by atoms with van der Waals surface area (Å²) < 4.78 is 0.440. The van der Waals surface area contributed by atoms with Gasteiger partial charge in [-0.2, -0.15) is 0 Å². The van der Waals surface area contributed by atoms with Crippen LogP contribution in [0.15, 0.2) is 12.7 Å². The molecule has 0 atom stereocenters. The van der Waals surface area contributed by atoms with E-state index in [0.717, 1.165) is 39.1 Å². The van der Waals surface area contributed by atoms with Crippen molar-refractivity contribution in [3.63, 3.8) is 0 Å². The van der Waals surface area contributed by atoms with Gasteiger partial charge in [0.15, 0.2) is 0 Å². The van der Waals surface area contributed by atoms with E-state index in [1.165, 1.54) is 6.08 Å². The zero-order valence-corrected chi connectivity index (χ0v) is 10.5. The predicted octanol–water partition coefficient (Wildman–Crippen LogP) is -0.273. The van der Waals surface area contributed by atoms with Gasteiger partial charge in [-0.1, -0.05) is 6.58 Å².